The van der Waals surface area contributed by atoms with Gasteiger partial charge in [-0.2, -0.15) is 15.4 Å². The maximum atomic E-state index is 12.7. The van der Waals surface area contributed by atoms with Crippen LogP contribution < -0.4 is 5.32 Å². The first-order valence-corrected chi connectivity index (χ1v) is 8.94. The number of rotatable bonds is 3. The van der Waals surface area contributed by atoms with Gasteiger partial charge in [0.2, 0.25) is 0 Å². The second kappa shape index (κ2) is 6.91. The van der Waals surface area contributed by atoms with Gasteiger partial charge in [-0.15, -0.1) is 0 Å². The van der Waals surface area contributed by atoms with Crippen LogP contribution in [0.15, 0.2) is 18.2 Å². The van der Waals surface area contributed by atoms with Crippen LogP contribution in [0.2, 0.25) is 0 Å². The summed E-state index contributed by atoms with van der Waals surface area (Å²) >= 11 is 0. The smallest absolute Gasteiger partial charge is 0.407 e. The van der Waals surface area contributed by atoms with E-state index >= 15 is 0 Å². The Labute approximate surface area is 150 Å². The highest BCUT2D eigenvalue weighted by Gasteiger charge is 2.30. The number of likely N-dealkylation sites (tertiary alicyclic amines) is 2. The molecule has 26 heavy (non-hydrogen) atoms. The zero-order valence-corrected chi connectivity index (χ0v) is 14.4. The van der Waals surface area contributed by atoms with Crippen molar-refractivity contribution in [1.82, 2.24) is 30.5 Å². The van der Waals surface area contributed by atoms with E-state index in [2.05, 4.69) is 20.7 Å². The number of benzene rings is 1. The molecule has 2 fully saturated rings. The van der Waals surface area contributed by atoms with Crippen LogP contribution in [0.5, 0.6) is 0 Å². The highest BCUT2D eigenvalue weighted by Crippen LogP contribution is 2.19. The van der Waals surface area contributed by atoms with E-state index in [9.17, 15) is 9.59 Å². The van der Waals surface area contributed by atoms with Crippen molar-refractivity contribution in [2.24, 2.45) is 0 Å². The number of nitrogens with zero attached hydrogens (tertiary/aromatic N) is 4. The van der Waals surface area contributed by atoms with Gasteiger partial charge < -0.3 is 20.2 Å². The summed E-state index contributed by atoms with van der Waals surface area (Å²) in [6, 6.07) is 5.93. The van der Waals surface area contributed by atoms with Gasteiger partial charge in [0.15, 0.2) is 0 Å². The first kappa shape index (κ1) is 16.8. The SMILES string of the molecule is O=C(O)N1CCC(NC2CCN(C(=O)c3ccc4n[nH]nc4c3)C2)CC1. The third-order valence-corrected chi connectivity index (χ3v) is 5.28. The number of carbonyl (C=O) groups excluding carboxylic acids is 1. The van der Waals surface area contributed by atoms with Crippen molar-refractivity contribution in [3.63, 3.8) is 0 Å². The predicted octanol–water partition coefficient (Wildman–Crippen LogP) is 0.904. The Morgan fingerprint density at radius 1 is 1.04 bits per heavy atom. The Balaban J connectivity index is 1.32. The van der Waals surface area contributed by atoms with Gasteiger partial charge in [-0.05, 0) is 37.5 Å². The molecule has 4 rings (SSSR count). The summed E-state index contributed by atoms with van der Waals surface area (Å²) in [4.78, 5) is 27.0. The fourth-order valence-electron chi connectivity index (χ4n) is 3.81. The van der Waals surface area contributed by atoms with E-state index in [0.717, 1.165) is 31.3 Å². The van der Waals surface area contributed by atoms with E-state index in [4.69, 9.17) is 5.11 Å². The summed E-state index contributed by atoms with van der Waals surface area (Å²) in [5, 5.41) is 23.2. The van der Waals surface area contributed by atoms with Crippen molar-refractivity contribution in [2.45, 2.75) is 31.3 Å². The van der Waals surface area contributed by atoms with E-state index in [-0.39, 0.29) is 11.9 Å². The summed E-state index contributed by atoms with van der Waals surface area (Å²) in [6.45, 7) is 2.54. The highest BCUT2D eigenvalue weighted by atomic mass is 16.4. The van der Waals surface area contributed by atoms with Crippen LogP contribution in [0.3, 0.4) is 0 Å². The molecule has 0 saturated carbocycles. The number of carbonyl (C=O) groups is 2. The molecular weight excluding hydrogens is 336 g/mol. The summed E-state index contributed by atoms with van der Waals surface area (Å²) in [7, 11) is 0. The molecule has 9 heteroatoms. The number of nitrogens with one attached hydrogen (secondary N) is 2. The average Bonchev–Trinajstić information content (AvgIpc) is 3.30. The van der Waals surface area contributed by atoms with Gasteiger partial charge in [0, 0.05) is 43.8 Å². The molecule has 2 amide bonds. The van der Waals surface area contributed by atoms with Gasteiger partial charge >= 0.3 is 6.09 Å². The van der Waals surface area contributed by atoms with Crippen LogP contribution in [0.1, 0.15) is 29.6 Å². The fourth-order valence-corrected chi connectivity index (χ4v) is 3.81. The minimum atomic E-state index is -0.842. The van der Waals surface area contributed by atoms with Crippen molar-refractivity contribution in [3.05, 3.63) is 23.8 Å². The molecule has 0 aliphatic carbocycles. The van der Waals surface area contributed by atoms with Gasteiger partial charge in [0.1, 0.15) is 11.0 Å². The molecule has 1 aromatic carbocycles. The Kier molecular flexibility index (Phi) is 4.46. The van der Waals surface area contributed by atoms with Gasteiger partial charge in [0.25, 0.3) is 5.91 Å². The molecule has 2 saturated heterocycles. The third-order valence-electron chi connectivity index (χ3n) is 5.28. The molecule has 0 radical (unpaired) electrons. The number of fused-ring (bicyclic) bond motifs is 1. The normalized spacial score (nSPS) is 21.5. The number of piperidine rings is 1. The summed E-state index contributed by atoms with van der Waals surface area (Å²) in [5.74, 6) is 0.0138. The summed E-state index contributed by atoms with van der Waals surface area (Å²) in [5.41, 5.74) is 2.06. The minimum Gasteiger partial charge on any atom is -0.465 e. The number of H-pyrrole nitrogens is 1. The van der Waals surface area contributed by atoms with E-state index in [0.29, 0.717) is 36.8 Å². The molecule has 1 unspecified atom stereocenters. The van der Waals surface area contributed by atoms with Gasteiger partial charge in [-0.25, -0.2) is 4.79 Å². The van der Waals surface area contributed by atoms with E-state index in [1.807, 2.05) is 4.90 Å². The molecule has 1 aromatic heterocycles. The summed E-state index contributed by atoms with van der Waals surface area (Å²) < 4.78 is 0. The third kappa shape index (κ3) is 3.34. The van der Waals surface area contributed by atoms with Crippen molar-refractivity contribution in [1.29, 1.82) is 0 Å². The monoisotopic (exact) mass is 358 g/mol. The van der Waals surface area contributed by atoms with Crippen LogP contribution in [0.25, 0.3) is 11.0 Å². The zero-order valence-electron chi connectivity index (χ0n) is 14.4. The van der Waals surface area contributed by atoms with Crippen LogP contribution >= 0.6 is 0 Å². The largest absolute Gasteiger partial charge is 0.465 e. The lowest BCUT2D eigenvalue weighted by atomic mass is 10.0. The topological polar surface area (TPSA) is 114 Å². The number of aromatic amines is 1. The molecule has 1 atom stereocenters. The van der Waals surface area contributed by atoms with E-state index in [1.54, 1.807) is 18.2 Å². The van der Waals surface area contributed by atoms with Gasteiger partial charge in [0.05, 0.1) is 0 Å². The number of carboxylic acid groups (broad SMARTS) is 1. The first-order chi connectivity index (χ1) is 12.6. The van der Waals surface area contributed by atoms with Gasteiger partial charge in [-0.3, -0.25) is 4.79 Å². The molecule has 0 spiro atoms. The number of aromatic nitrogens is 3. The van der Waals surface area contributed by atoms with Crippen LogP contribution in [0.4, 0.5) is 4.79 Å². The van der Waals surface area contributed by atoms with Crippen molar-refractivity contribution in [3.8, 4) is 0 Å². The lowest BCUT2D eigenvalue weighted by Gasteiger charge is -2.32. The molecule has 2 aliphatic heterocycles. The molecule has 138 valence electrons. The van der Waals surface area contributed by atoms with Crippen molar-refractivity contribution < 1.29 is 14.7 Å². The summed E-state index contributed by atoms with van der Waals surface area (Å²) in [6.07, 6.45) is 1.71. The number of hydrogen-bond donors (Lipinski definition) is 3. The number of amides is 2. The quantitative estimate of drug-likeness (QED) is 0.751. The molecule has 3 N–H and O–H groups in total. The molecule has 2 aromatic rings. The lowest BCUT2D eigenvalue weighted by Crippen LogP contribution is -2.48. The van der Waals surface area contributed by atoms with E-state index in [1.165, 1.54) is 4.90 Å². The molecule has 0 bridgehead atoms. The van der Waals surface area contributed by atoms with Crippen LogP contribution in [-0.2, 0) is 0 Å². The maximum absolute atomic E-state index is 12.7. The highest BCUT2D eigenvalue weighted by molar-refractivity contribution is 5.97. The average molecular weight is 358 g/mol. The Morgan fingerprint density at radius 3 is 2.50 bits per heavy atom. The second-order valence-corrected chi connectivity index (χ2v) is 6.97. The number of hydrogen-bond acceptors (Lipinski definition) is 5. The minimum absolute atomic E-state index is 0.0138. The van der Waals surface area contributed by atoms with Crippen molar-refractivity contribution >= 4 is 23.0 Å². The fraction of sp³-hybridized carbons (Fsp3) is 0.529. The second-order valence-electron chi connectivity index (χ2n) is 6.97. The zero-order chi connectivity index (χ0) is 18.1. The first-order valence-electron chi connectivity index (χ1n) is 8.94. The lowest BCUT2D eigenvalue weighted by molar-refractivity contribution is 0.0787. The van der Waals surface area contributed by atoms with Crippen molar-refractivity contribution in [2.75, 3.05) is 26.2 Å². The Hall–Kier alpha value is -2.68. The molecule has 3 heterocycles. The molecule has 2 aliphatic rings. The Bertz CT molecular complexity index is 814. The Morgan fingerprint density at radius 2 is 1.73 bits per heavy atom. The van der Waals surface area contributed by atoms with Crippen LogP contribution in [0, 0.1) is 0 Å². The van der Waals surface area contributed by atoms with Crippen LogP contribution in [-0.4, -0.2) is 80.6 Å². The van der Waals surface area contributed by atoms with Gasteiger partial charge in [-0.1, -0.05) is 0 Å². The molecular formula is C17H22N6O3. The molecule has 9 nitrogen and oxygen atoms in total. The van der Waals surface area contributed by atoms with E-state index < -0.39 is 6.09 Å². The maximum Gasteiger partial charge on any atom is 0.407 e. The predicted molar refractivity (Wildman–Crippen MR) is 94.0 cm³/mol. The standard InChI is InChI=1S/C17H22N6O3/c24-16(11-1-2-14-15(9-11)20-21-19-14)23-8-5-13(10-23)18-12-3-6-22(7-4-12)17(25)26/h1-2,9,12-13,18H,3-8,10H2,(H,25,26)(H,19,20,21).